The van der Waals surface area contributed by atoms with E-state index in [1.807, 2.05) is 11.3 Å². The summed E-state index contributed by atoms with van der Waals surface area (Å²) in [6, 6.07) is 11.3. The number of rotatable bonds is 1. The van der Waals surface area contributed by atoms with Gasteiger partial charge in [-0.15, -0.1) is 11.3 Å². The van der Waals surface area contributed by atoms with Crippen LogP contribution in [-0.4, -0.2) is 0 Å². The number of fused-ring (bicyclic) bond motifs is 3. The molecule has 3 rings (SSSR count). The lowest BCUT2D eigenvalue weighted by Gasteiger charge is -2.01. The minimum Gasteiger partial charge on any atom is -0.135 e. The molecule has 0 bridgehead atoms. The fourth-order valence-electron chi connectivity index (χ4n) is 2.09. The summed E-state index contributed by atoms with van der Waals surface area (Å²) in [4.78, 5) is 0. The van der Waals surface area contributed by atoms with E-state index in [0.717, 1.165) is 6.42 Å². The van der Waals surface area contributed by atoms with Crippen molar-refractivity contribution in [3.05, 3.63) is 43.9 Å². The Bertz CT molecular complexity index is 715. The summed E-state index contributed by atoms with van der Waals surface area (Å²) in [5.41, 5.74) is 1.38. The van der Waals surface area contributed by atoms with Gasteiger partial charge in [-0.25, -0.2) is 0 Å². The van der Waals surface area contributed by atoms with Gasteiger partial charge in [-0.3, -0.25) is 0 Å². The van der Waals surface area contributed by atoms with Gasteiger partial charge in [-0.05, 0) is 58.8 Å². The first-order valence-electron chi connectivity index (χ1n) is 5.49. The number of hydrogen-bond acceptors (Lipinski definition) is 1. The minimum absolute atomic E-state index is 1.07. The molecular formula is C14H10BrIS. The second-order valence-corrected chi connectivity index (χ2v) is 7.22. The van der Waals surface area contributed by atoms with Crippen LogP contribution in [0.3, 0.4) is 0 Å². The van der Waals surface area contributed by atoms with Crippen molar-refractivity contribution in [3.8, 4) is 0 Å². The van der Waals surface area contributed by atoms with E-state index in [1.54, 1.807) is 0 Å². The topological polar surface area (TPSA) is 0 Å². The third-order valence-electron chi connectivity index (χ3n) is 2.98. The average molecular weight is 417 g/mol. The summed E-state index contributed by atoms with van der Waals surface area (Å²) in [5.74, 6) is 0. The normalized spacial score (nSPS) is 11.5. The lowest BCUT2D eigenvalue weighted by Crippen LogP contribution is -1.81. The van der Waals surface area contributed by atoms with Crippen LogP contribution in [0.4, 0.5) is 0 Å². The van der Waals surface area contributed by atoms with E-state index in [9.17, 15) is 0 Å². The summed E-state index contributed by atoms with van der Waals surface area (Å²) in [5, 5.41) is 2.77. The van der Waals surface area contributed by atoms with E-state index in [-0.39, 0.29) is 0 Å². The molecular weight excluding hydrogens is 407 g/mol. The van der Waals surface area contributed by atoms with Crippen molar-refractivity contribution >= 4 is 70.0 Å². The standard InChI is InChI=1S/C14H10BrIS/c1-2-8-5-11-10-4-3-9(16)6-13(10)17-14(11)7-12(8)15/h3-7H,2H2,1H3. The first kappa shape index (κ1) is 11.9. The van der Waals surface area contributed by atoms with Crippen LogP contribution in [0.25, 0.3) is 20.2 Å². The zero-order valence-electron chi connectivity index (χ0n) is 9.26. The highest BCUT2D eigenvalue weighted by Gasteiger charge is 2.08. The highest BCUT2D eigenvalue weighted by Crippen LogP contribution is 2.37. The summed E-state index contributed by atoms with van der Waals surface area (Å²) in [6.45, 7) is 2.20. The van der Waals surface area contributed by atoms with Crippen molar-refractivity contribution in [2.45, 2.75) is 13.3 Å². The SMILES string of the molecule is CCc1cc2c(cc1Br)sc1cc(I)ccc12. The largest absolute Gasteiger partial charge is 0.135 e. The number of aryl methyl sites for hydroxylation is 1. The van der Waals surface area contributed by atoms with Gasteiger partial charge in [0.15, 0.2) is 0 Å². The maximum absolute atomic E-state index is 3.65. The van der Waals surface area contributed by atoms with Crippen LogP contribution in [-0.2, 0) is 6.42 Å². The number of thiophene rings is 1. The Kier molecular flexibility index (Phi) is 3.17. The van der Waals surface area contributed by atoms with Gasteiger partial charge in [0.2, 0.25) is 0 Å². The van der Waals surface area contributed by atoms with Gasteiger partial charge in [-0.1, -0.05) is 28.9 Å². The molecule has 0 aliphatic heterocycles. The third-order valence-corrected chi connectivity index (χ3v) is 5.51. The Labute approximate surface area is 126 Å². The minimum atomic E-state index is 1.07. The number of halogens is 2. The predicted octanol–water partition coefficient (Wildman–Crippen LogP) is 5.98. The molecule has 0 saturated heterocycles. The summed E-state index contributed by atoms with van der Waals surface area (Å²) < 4.78 is 5.28. The Balaban J connectivity index is 2.44. The highest BCUT2D eigenvalue weighted by molar-refractivity contribution is 14.1. The van der Waals surface area contributed by atoms with Crippen LogP contribution in [0.5, 0.6) is 0 Å². The molecule has 86 valence electrons. The van der Waals surface area contributed by atoms with Crippen molar-refractivity contribution in [2.75, 3.05) is 0 Å². The molecule has 0 amide bonds. The molecule has 0 spiro atoms. The fraction of sp³-hybridized carbons (Fsp3) is 0.143. The fourth-order valence-corrected chi connectivity index (χ4v) is 4.73. The molecule has 0 saturated carbocycles. The number of benzene rings is 2. The monoisotopic (exact) mass is 416 g/mol. The van der Waals surface area contributed by atoms with Crippen LogP contribution in [0.15, 0.2) is 34.8 Å². The first-order chi connectivity index (χ1) is 8.19. The summed E-state index contributed by atoms with van der Waals surface area (Å²) in [6.07, 6.45) is 1.07. The van der Waals surface area contributed by atoms with Crippen LogP contribution in [0.1, 0.15) is 12.5 Å². The molecule has 3 aromatic rings. The molecule has 0 fully saturated rings. The molecule has 0 aliphatic rings. The smallest absolute Gasteiger partial charge is 0.0366 e. The predicted molar refractivity (Wildman–Crippen MR) is 89.1 cm³/mol. The van der Waals surface area contributed by atoms with Gasteiger partial charge in [0.1, 0.15) is 0 Å². The van der Waals surface area contributed by atoms with Gasteiger partial charge < -0.3 is 0 Å². The lowest BCUT2D eigenvalue weighted by molar-refractivity contribution is 1.13. The Morgan fingerprint density at radius 2 is 1.88 bits per heavy atom. The van der Waals surface area contributed by atoms with Crippen molar-refractivity contribution in [1.82, 2.24) is 0 Å². The average Bonchev–Trinajstić information content (AvgIpc) is 2.63. The molecule has 0 atom stereocenters. The molecule has 0 aliphatic carbocycles. The molecule has 3 heteroatoms. The second-order valence-electron chi connectivity index (χ2n) is 4.04. The molecule has 1 heterocycles. The van der Waals surface area contributed by atoms with E-state index < -0.39 is 0 Å². The van der Waals surface area contributed by atoms with Crippen LogP contribution in [0, 0.1) is 3.57 Å². The molecule has 0 radical (unpaired) electrons. The Morgan fingerprint density at radius 1 is 1.12 bits per heavy atom. The van der Waals surface area contributed by atoms with Crippen LogP contribution in [0.2, 0.25) is 0 Å². The third kappa shape index (κ3) is 2.02. The van der Waals surface area contributed by atoms with Crippen molar-refractivity contribution in [3.63, 3.8) is 0 Å². The highest BCUT2D eigenvalue weighted by atomic mass is 127. The van der Waals surface area contributed by atoms with Crippen LogP contribution < -0.4 is 0 Å². The molecule has 0 nitrogen and oxygen atoms in total. The maximum Gasteiger partial charge on any atom is 0.0366 e. The van der Waals surface area contributed by atoms with Crippen molar-refractivity contribution < 1.29 is 0 Å². The van der Waals surface area contributed by atoms with E-state index in [0.29, 0.717) is 0 Å². The molecule has 1 aromatic heterocycles. The van der Waals surface area contributed by atoms with Gasteiger partial charge >= 0.3 is 0 Å². The van der Waals surface area contributed by atoms with Gasteiger partial charge in [0, 0.05) is 28.2 Å². The van der Waals surface area contributed by atoms with E-state index in [4.69, 9.17) is 0 Å². The van der Waals surface area contributed by atoms with Gasteiger partial charge in [-0.2, -0.15) is 0 Å². The zero-order valence-corrected chi connectivity index (χ0v) is 13.8. The van der Waals surface area contributed by atoms with Crippen LogP contribution >= 0.6 is 49.9 Å². The van der Waals surface area contributed by atoms with Gasteiger partial charge in [0.05, 0.1) is 0 Å². The molecule has 17 heavy (non-hydrogen) atoms. The Hall–Kier alpha value is -0.130. The van der Waals surface area contributed by atoms with Crippen molar-refractivity contribution in [1.29, 1.82) is 0 Å². The molecule has 0 N–H and O–H groups in total. The van der Waals surface area contributed by atoms with Gasteiger partial charge in [0.25, 0.3) is 0 Å². The summed E-state index contributed by atoms with van der Waals surface area (Å²) >= 11 is 7.90. The van der Waals surface area contributed by atoms with E-state index in [1.165, 1.54) is 33.8 Å². The van der Waals surface area contributed by atoms with E-state index in [2.05, 4.69) is 75.8 Å². The quantitative estimate of drug-likeness (QED) is 0.428. The zero-order chi connectivity index (χ0) is 12.0. The maximum atomic E-state index is 3.65. The first-order valence-corrected chi connectivity index (χ1v) is 8.18. The second kappa shape index (κ2) is 4.52. The number of hydrogen-bond donors (Lipinski definition) is 0. The lowest BCUT2D eigenvalue weighted by atomic mass is 10.1. The molecule has 0 unspecified atom stereocenters. The molecule has 2 aromatic carbocycles. The summed E-state index contributed by atoms with van der Waals surface area (Å²) in [7, 11) is 0. The van der Waals surface area contributed by atoms with Crippen molar-refractivity contribution in [2.24, 2.45) is 0 Å². The Morgan fingerprint density at radius 3 is 2.65 bits per heavy atom. The van der Waals surface area contributed by atoms with E-state index >= 15 is 0 Å².